The Morgan fingerprint density at radius 1 is 0.719 bits per heavy atom. The van der Waals surface area contributed by atoms with Gasteiger partial charge in [0.25, 0.3) is 17.7 Å². The number of likely N-dealkylation sites (N-methyl/N-ethyl adjacent to an activating group) is 2. The molecule has 0 radical (unpaired) electrons. The fourth-order valence-electron chi connectivity index (χ4n) is 7.28. The summed E-state index contributed by atoms with van der Waals surface area (Å²) in [7, 11) is 4.55. The largest absolute Gasteiger partial charge is 0.464 e. The maximum absolute atomic E-state index is 12.3. The second-order valence-electron chi connectivity index (χ2n) is 15.0. The van der Waals surface area contributed by atoms with Crippen molar-refractivity contribution in [1.82, 2.24) is 35.5 Å². The lowest BCUT2D eigenvalue weighted by Crippen LogP contribution is -2.37. The Hall–Kier alpha value is -8.32. The highest BCUT2D eigenvalue weighted by molar-refractivity contribution is 6.05. The van der Waals surface area contributed by atoms with Crippen molar-refractivity contribution in [2.24, 2.45) is 5.73 Å². The second-order valence-corrected chi connectivity index (χ2v) is 15.0. The number of hydrogen-bond donors (Lipinski definition) is 4. The highest BCUT2D eigenvalue weighted by Gasteiger charge is 2.43. The van der Waals surface area contributed by atoms with Gasteiger partial charge in [-0.3, -0.25) is 14.4 Å². The molecule has 2 fully saturated rings. The van der Waals surface area contributed by atoms with Gasteiger partial charge in [-0.25, -0.2) is 14.2 Å². The van der Waals surface area contributed by atoms with E-state index in [4.69, 9.17) is 21.0 Å². The molecule has 64 heavy (non-hydrogen) atoms. The molecular formula is C47H42N10O7. The third-order valence-electron chi connectivity index (χ3n) is 10.7. The van der Waals surface area contributed by atoms with Crippen LogP contribution >= 0.6 is 0 Å². The molecule has 8 rings (SSSR count). The van der Waals surface area contributed by atoms with Gasteiger partial charge in [0.05, 0.1) is 54.5 Å². The van der Waals surface area contributed by atoms with E-state index >= 15 is 0 Å². The Balaban J connectivity index is 0.000000209. The molecule has 4 aromatic carbocycles. The fraction of sp³-hybridized carbons (Fsp3) is 0.234. The lowest BCUT2D eigenvalue weighted by Gasteiger charge is -2.13. The molecule has 6 aromatic rings. The van der Waals surface area contributed by atoms with Gasteiger partial charge in [0.2, 0.25) is 11.2 Å². The number of nitrogens with zero attached hydrogens (tertiary/aromatic N) is 8. The predicted octanol–water partition coefficient (Wildman–Crippen LogP) is 3.12. The van der Waals surface area contributed by atoms with Crippen molar-refractivity contribution in [3.63, 3.8) is 0 Å². The lowest BCUT2D eigenvalue weighted by molar-refractivity contribution is -0.138. The number of carbonyl (C=O) groups is 4. The molecule has 0 saturated carbocycles. The van der Waals surface area contributed by atoms with E-state index in [0.29, 0.717) is 57.4 Å². The molecule has 322 valence electrons. The first kappa shape index (κ1) is 45.2. The maximum atomic E-state index is 12.3. The third kappa shape index (κ3) is 8.86. The number of aliphatic hydroxyl groups is 2. The summed E-state index contributed by atoms with van der Waals surface area (Å²) < 4.78 is 8.06. The van der Waals surface area contributed by atoms with Gasteiger partial charge in [-0.05, 0) is 71.8 Å². The van der Waals surface area contributed by atoms with Gasteiger partial charge in [-0.15, -0.1) is 0 Å². The number of nitrogens with two attached hydrogens (primary N) is 1. The van der Waals surface area contributed by atoms with Crippen LogP contribution in [0.5, 0.6) is 0 Å². The smallest absolute Gasteiger partial charge is 0.359 e. The van der Waals surface area contributed by atoms with Crippen LogP contribution in [0.25, 0.3) is 33.2 Å². The molecule has 2 aromatic heterocycles. The van der Waals surface area contributed by atoms with Crippen molar-refractivity contribution in [2.45, 2.75) is 36.9 Å². The highest BCUT2D eigenvalue weighted by atomic mass is 16.5. The van der Waals surface area contributed by atoms with Crippen LogP contribution in [0.2, 0.25) is 0 Å². The Bertz CT molecular complexity index is 3080. The first-order valence-corrected chi connectivity index (χ1v) is 19.6. The lowest BCUT2D eigenvalue weighted by atomic mass is 10.0. The van der Waals surface area contributed by atoms with E-state index in [-0.39, 0.29) is 43.2 Å². The minimum absolute atomic E-state index is 0. The number of benzene rings is 4. The number of rotatable bonds is 6. The van der Waals surface area contributed by atoms with Gasteiger partial charge in [0.15, 0.2) is 11.4 Å². The standard InChI is InChI=1S/C24H20N4O4.C23H19N5O3.H3N/c1-27-13-11-24(31,23(27)30)10-8-16-4-3-5-18(14-16)28-20-7-6-17(9-12-25)15-19(20)21(26-28)22(29)32-2;1-27-12-10-23(31,22(27)30)9-7-15-3-2-4-17(13-15)28-19-6-5-16(8-11-24)14-18(19)20(26-28)21(25)29;/h3-7,14-15,31H,9,11,13H2,1-2H3;2-6,13-14,31H,8,10,12H2,1H3,(H2,25,29);1H3/t24-;23-;/m00./s1. The van der Waals surface area contributed by atoms with Crippen LogP contribution < -0.4 is 11.9 Å². The minimum atomic E-state index is -1.68. The van der Waals surface area contributed by atoms with Crippen LogP contribution in [0.1, 0.15) is 56.1 Å². The van der Waals surface area contributed by atoms with Crippen LogP contribution in [0.4, 0.5) is 0 Å². The van der Waals surface area contributed by atoms with Gasteiger partial charge >= 0.3 is 5.97 Å². The number of hydrogen-bond acceptors (Lipinski definition) is 12. The summed E-state index contributed by atoms with van der Waals surface area (Å²) in [5, 5.41) is 48.9. The van der Waals surface area contributed by atoms with Crippen LogP contribution in [-0.4, -0.2) is 109 Å². The summed E-state index contributed by atoms with van der Waals surface area (Å²) in [5.74, 6) is 9.10. The van der Waals surface area contributed by atoms with Gasteiger partial charge in [0.1, 0.15) is 0 Å². The molecular weight excluding hydrogens is 817 g/mol. The van der Waals surface area contributed by atoms with E-state index in [9.17, 15) is 29.4 Å². The summed E-state index contributed by atoms with van der Waals surface area (Å²) >= 11 is 0. The van der Waals surface area contributed by atoms with E-state index in [0.717, 1.165) is 11.1 Å². The summed E-state index contributed by atoms with van der Waals surface area (Å²) in [6.07, 6.45) is 0.934. The van der Waals surface area contributed by atoms with Crippen LogP contribution in [0, 0.1) is 46.3 Å². The fourth-order valence-corrected chi connectivity index (χ4v) is 7.28. The summed E-state index contributed by atoms with van der Waals surface area (Å²) in [6, 6.07) is 29.1. The summed E-state index contributed by atoms with van der Waals surface area (Å²) in [4.78, 5) is 51.4. The Kier molecular flexibility index (Phi) is 13.0. The van der Waals surface area contributed by atoms with Gasteiger partial charge < -0.3 is 36.6 Å². The Morgan fingerprint density at radius 2 is 1.16 bits per heavy atom. The first-order chi connectivity index (χ1) is 30.2. The zero-order chi connectivity index (χ0) is 45.1. The molecule has 2 aliphatic rings. The normalized spacial score (nSPS) is 17.5. The van der Waals surface area contributed by atoms with Crippen LogP contribution in [0.3, 0.4) is 0 Å². The van der Waals surface area contributed by atoms with Crippen LogP contribution in [-0.2, 0) is 27.2 Å². The monoisotopic (exact) mass is 858 g/mol. The SMILES string of the molecule is CN1CC[C@@](O)(C#Cc2cccc(-n3nc(C(N)=O)c4cc(CC#N)ccc43)c2)C1=O.COC(=O)c1nn(-c2cccc(C#C[C@]3(O)CCN(C)C3=O)c2)c2ccc(CC#N)cc12.N. The van der Waals surface area contributed by atoms with Crippen molar-refractivity contribution < 1.29 is 34.1 Å². The number of amides is 3. The number of esters is 1. The molecule has 0 aliphatic carbocycles. The molecule has 2 atom stereocenters. The van der Waals surface area contributed by atoms with E-state index in [2.05, 4.69) is 46.0 Å². The topological polar surface area (TPSA) is 269 Å². The van der Waals surface area contributed by atoms with E-state index in [1.807, 2.05) is 12.1 Å². The Labute approximate surface area is 367 Å². The van der Waals surface area contributed by atoms with Crippen molar-refractivity contribution in [3.05, 3.63) is 119 Å². The number of methoxy groups -OCH3 is 1. The number of likely N-dealkylation sites (tertiary alicyclic amines) is 2. The molecule has 2 aliphatic heterocycles. The van der Waals surface area contributed by atoms with Crippen molar-refractivity contribution in [1.29, 1.82) is 10.5 Å². The first-order valence-electron chi connectivity index (χ1n) is 19.6. The molecule has 3 amide bonds. The zero-order valence-corrected chi connectivity index (χ0v) is 35.1. The van der Waals surface area contributed by atoms with Crippen molar-refractivity contribution in [3.8, 4) is 47.2 Å². The van der Waals surface area contributed by atoms with Crippen molar-refractivity contribution in [2.75, 3.05) is 34.3 Å². The van der Waals surface area contributed by atoms with Gasteiger partial charge in [-0.2, -0.15) is 20.7 Å². The minimum Gasteiger partial charge on any atom is -0.464 e. The second kappa shape index (κ2) is 18.3. The number of fused-ring (bicyclic) bond motifs is 2. The number of ether oxygens (including phenoxy) is 1. The quantitative estimate of drug-likeness (QED) is 0.139. The average Bonchev–Trinajstić information content (AvgIpc) is 4.01. The number of nitriles is 2. The van der Waals surface area contributed by atoms with E-state index < -0.39 is 34.9 Å². The van der Waals surface area contributed by atoms with E-state index in [1.165, 1.54) is 16.9 Å². The molecule has 0 unspecified atom stereocenters. The third-order valence-corrected chi connectivity index (χ3v) is 10.7. The summed E-state index contributed by atoms with van der Waals surface area (Å²) in [5.41, 5.74) is 7.72. The average molecular weight is 859 g/mol. The molecule has 2 saturated heterocycles. The predicted molar refractivity (Wildman–Crippen MR) is 234 cm³/mol. The summed E-state index contributed by atoms with van der Waals surface area (Å²) in [6.45, 7) is 0.903. The van der Waals surface area contributed by atoms with Gasteiger partial charge in [-0.1, -0.05) is 47.9 Å². The van der Waals surface area contributed by atoms with Crippen molar-refractivity contribution >= 4 is 45.5 Å². The zero-order valence-electron chi connectivity index (χ0n) is 35.1. The van der Waals surface area contributed by atoms with Gasteiger partial charge in [0, 0.05) is 61.9 Å². The molecule has 0 bridgehead atoms. The molecule has 17 nitrogen and oxygen atoms in total. The maximum Gasteiger partial charge on any atom is 0.359 e. The Morgan fingerprint density at radius 3 is 1.55 bits per heavy atom. The van der Waals surface area contributed by atoms with Crippen LogP contribution in [0.15, 0.2) is 84.9 Å². The molecule has 17 heteroatoms. The number of aromatic nitrogens is 4. The molecule has 4 heterocycles. The highest BCUT2D eigenvalue weighted by Crippen LogP contribution is 2.27. The molecule has 7 N–H and O–H groups in total. The number of carbonyl (C=O) groups excluding carboxylic acids is 4. The number of primary amides is 1. The molecule has 0 spiro atoms. The van der Waals surface area contributed by atoms with E-state index in [1.54, 1.807) is 96.3 Å².